The molecule has 1 fully saturated rings. The minimum atomic E-state index is -3.68. The van der Waals surface area contributed by atoms with Crippen LogP contribution in [-0.2, 0) is 17.1 Å². The van der Waals surface area contributed by atoms with Crippen LogP contribution in [0.3, 0.4) is 0 Å². The molecule has 3 heterocycles. The molecule has 3 aromatic rings. The summed E-state index contributed by atoms with van der Waals surface area (Å²) in [5.74, 6) is 0.634. The third kappa shape index (κ3) is 3.77. The summed E-state index contributed by atoms with van der Waals surface area (Å²) in [6.45, 7) is 4.38. The number of rotatable bonds is 4. The molecule has 29 heavy (non-hydrogen) atoms. The van der Waals surface area contributed by atoms with E-state index in [2.05, 4.69) is 9.97 Å². The molecule has 0 spiro atoms. The van der Waals surface area contributed by atoms with Gasteiger partial charge in [0.25, 0.3) is 0 Å². The van der Waals surface area contributed by atoms with E-state index >= 15 is 0 Å². The maximum Gasteiger partial charge on any atom is 0.419 e. The van der Waals surface area contributed by atoms with Gasteiger partial charge in [-0.25, -0.2) is 18.2 Å². The first-order valence-corrected chi connectivity index (χ1v) is 10.8. The average molecular weight is 418 g/mol. The highest BCUT2D eigenvalue weighted by Gasteiger charge is 2.31. The first-order chi connectivity index (χ1) is 13.7. The van der Waals surface area contributed by atoms with E-state index in [9.17, 15) is 13.2 Å². The van der Waals surface area contributed by atoms with Gasteiger partial charge in [0.1, 0.15) is 11.9 Å². The predicted octanol–water partition coefficient (Wildman–Crippen LogP) is 1.77. The Balaban J connectivity index is 1.48. The summed E-state index contributed by atoms with van der Waals surface area (Å²) >= 11 is 0. The summed E-state index contributed by atoms with van der Waals surface area (Å²) in [5.41, 5.74) is 1.64. The van der Waals surface area contributed by atoms with Gasteiger partial charge in [-0.2, -0.15) is 9.29 Å². The Morgan fingerprint density at radius 3 is 2.55 bits per heavy atom. The van der Waals surface area contributed by atoms with Crippen molar-refractivity contribution in [2.24, 2.45) is 7.05 Å². The summed E-state index contributed by atoms with van der Waals surface area (Å²) < 4.78 is 39.8. The Morgan fingerprint density at radius 2 is 1.86 bits per heavy atom. The fourth-order valence-corrected chi connectivity index (χ4v) is 5.01. The van der Waals surface area contributed by atoms with Gasteiger partial charge in [0.05, 0.1) is 10.4 Å². The van der Waals surface area contributed by atoms with Gasteiger partial charge in [-0.05, 0) is 44.9 Å². The number of hydrogen-bond acceptors (Lipinski definition) is 7. The number of oxazole rings is 1. The maximum absolute atomic E-state index is 13.0. The van der Waals surface area contributed by atoms with Gasteiger partial charge in [0.15, 0.2) is 5.58 Å². The van der Waals surface area contributed by atoms with Crippen molar-refractivity contribution in [3.63, 3.8) is 0 Å². The molecule has 0 aliphatic carbocycles. The van der Waals surface area contributed by atoms with Crippen LogP contribution in [0.25, 0.3) is 11.1 Å². The quantitative estimate of drug-likeness (QED) is 0.635. The lowest BCUT2D eigenvalue weighted by Crippen LogP contribution is -2.41. The van der Waals surface area contributed by atoms with Gasteiger partial charge in [-0.3, -0.25) is 4.57 Å². The van der Waals surface area contributed by atoms with E-state index in [1.807, 2.05) is 13.8 Å². The van der Waals surface area contributed by atoms with Gasteiger partial charge in [-0.1, -0.05) is 0 Å². The Morgan fingerprint density at radius 1 is 1.14 bits per heavy atom. The minimum absolute atomic E-state index is 0.104. The van der Waals surface area contributed by atoms with Crippen LogP contribution >= 0.6 is 0 Å². The molecule has 0 bridgehead atoms. The van der Waals surface area contributed by atoms with Crippen LogP contribution in [0.15, 0.2) is 38.4 Å². The molecule has 0 saturated carbocycles. The third-order valence-corrected chi connectivity index (χ3v) is 6.93. The van der Waals surface area contributed by atoms with Crippen molar-refractivity contribution in [2.75, 3.05) is 13.1 Å². The molecule has 0 N–H and O–H groups in total. The van der Waals surface area contributed by atoms with Crippen LogP contribution < -0.4 is 10.5 Å². The van der Waals surface area contributed by atoms with Crippen molar-refractivity contribution >= 4 is 21.1 Å². The smallest absolute Gasteiger partial charge is 0.419 e. The van der Waals surface area contributed by atoms with Crippen LogP contribution in [0.2, 0.25) is 0 Å². The van der Waals surface area contributed by atoms with Crippen molar-refractivity contribution in [3.05, 3.63) is 46.3 Å². The molecule has 1 saturated heterocycles. The highest BCUT2D eigenvalue weighted by Crippen LogP contribution is 2.25. The highest BCUT2D eigenvalue weighted by molar-refractivity contribution is 7.89. The molecule has 10 heteroatoms. The summed E-state index contributed by atoms with van der Waals surface area (Å²) in [5, 5.41) is 0. The van der Waals surface area contributed by atoms with Gasteiger partial charge < -0.3 is 9.15 Å². The molecule has 0 amide bonds. The Bertz CT molecular complexity index is 1200. The van der Waals surface area contributed by atoms with Gasteiger partial charge in [0.2, 0.25) is 15.9 Å². The molecule has 2 aromatic heterocycles. The van der Waals surface area contributed by atoms with Gasteiger partial charge in [-0.15, -0.1) is 0 Å². The minimum Gasteiger partial charge on any atom is -0.474 e. The number of aromatic nitrogens is 3. The van der Waals surface area contributed by atoms with Gasteiger partial charge in [0, 0.05) is 31.9 Å². The monoisotopic (exact) mass is 418 g/mol. The van der Waals surface area contributed by atoms with E-state index in [4.69, 9.17) is 9.15 Å². The molecule has 4 rings (SSSR count). The first kappa shape index (κ1) is 19.6. The molecule has 0 unspecified atom stereocenters. The van der Waals surface area contributed by atoms with Crippen LogP contribution in [0, 0.1) is 13.8 Å². The predicted molar refractivity (Wildman–Crippen MR) is 105 cm³/mol. The molecule has 1 aromatic carbocycles. The first-order valence-electron chi connectivity index (χ1n) is 9.33. The van der Waals surface area contributed by atoms with Crippen molar-refractivity contribution in [1.82, 2.24) is 18.8 Å². The van der Waals surface area contributed by atoms with Crippen LogP contribution in [-0.4, -0.2) is 46.5 Å². The number of piperidine rings is 1. The lowest BCUT2D eigenvalue weighted by molar-refractivity contribution is 0.129. The molecule has 0 radical (unpaired) electrons. The highest BCUT2D eigenvalue weighted by atomic mass is 32.2. The Kier molecular flexibility index (Phi) is 4.91. The van der Waals surface area contributed by atoms with E-state index in [-0.39, 0.29) is 11.0 Å². The third-order valence-electron chi connectivity index (χ3n) is 5.03. The van der Waals surface area contributed by atoms with Crippen LogP contribution in [0.4, 0.5) is 0 Å². The number of ether oxygens (including phenoxy) is 1. The second-order valence-electron chi connectivity index (χ2n) is 7.17. The number of hydrogen-bond donors (Lipinski definition) is 0. The molecule has 1 aliphatic rings. The zero-order valence-corrected chi connectivity index (χ0v) is 17.3. The SMILES string of the molecule is Cc1cc(OC2CCN(S(=O)(=O)c3ccc4oc(=O)n(C)c4c3)CC2)nc(C)n1. The summed E-state index contributed by atoms with van der Waals surface area (Å²) in [6.07, 6.45) is 1.02. The summed E-state index contributed by atoms with van der Waals surface area (Å²) in [6, 6.07) is 6.24. The lowest BCUT2D eigenvalue weighted by atomic mass is 10.1. The van der Waals surface area contributed by atoms with E-state index in [1.54, 1.807) is 13.1 Å². The second-order valence-corrected chi connectivity index (χ2v) is 9.11. The zero-order chi connectivity index (χ0) is 20.8. The largest absolute Gasteiger partial charge is 0.474 e. The molecule has 0 atom stereocenters. The summed E-state index contributed by atoms with van der Waals surface area (Å²) in [7, 11) is -2.13. The summed E-state index contributed by atoms with van der Waals surface area (Å²) in [4.78, 5) is 20.3. The Hall–Kier alpha value is -2.72. The number of aryl methyl sites for hydroxylation is 3. The average Bonchev–Trinajstić information content (AvgIpc) is 2.95. The van der Waals surface area contributed by atoms with E-state index in [0.29, 0.717) is 48.7 Å². The van der Waals surface area contributed by atoms with E-state index in [0.717, 1.165) is 5.69 Å². The van der Waals surface area contributed by atoms with E-state index in [1.165, 1.54) is 27.1 Å². The van der Waals surface area contributed by atoms with Crippen molar-refractivity contribution in [3.8, 4) is 5.88 Å². The van der Waals surface area contributed by atoms with Crippen LogP contribution in [0.1, 0.15) is 24.4 Å². The number of fused-ring (bicyclic) bond motifs is 1. The Labute approximate surface area is 168 Å². The fourth-order valence-electron chi connectivity index (χ4n) is 3.52. The van der Waals surface area contributed by atoms with Crippen molar-refractivity contribution in [2.45, 2.75) is 37.7 Å². The second kappa shape index (κ2) is 7.27. The molecular formula is C19H22N4O5S. The topological polar surface area (TPSA) is 108 Å². The number of sulfonamides is 1. The van der Waals surface area contributed by atoms with Crippen LogP contribution in [0.5, 0.6) is 5.88 Å². The van der Waals surface area contributed by atoms with Crippen molar-refractivity contribution in [1.29, 1.82) is 0 Å². The lowest BCUT2D eigenvalue weighted by Gasteiger charge is -2.31. The zero-order valence-electron chi connectivity index (χ0n) is 16.5. The standard InChI is InChI=1S/C19H22N4O5S/c1-12-10-18(21-13(2)20-12)27-14-6-8-23(9-7-14)29(25,26)15-4-5-17-16(11-15)22(3)19(24)28-17/h4-5,10-11,14H,6-9H2,1-3H3. The molecule has 154 valence electrons. The van der Waals surface area contributed by atoms with E-state index < -0.39 is 15.8 Å². The maximum atomic E-state index is 13.0. The van der Waals surface area contributed by atoms with Gasteiger partial charge >= 0.3 is 5.76 Å². The normalized spacial score (nSPS) is 16.4. The molecular weight excluding hydrogens is 396 g/mol. The number of benzene rings is 1. The fraction of sp³-hybridized carbons (Fsp3) is 0.421. The molecule has 9 nitrogen and oxygen atoms in total. The molecule has 1 aliphatic heterocycles. The number of nitrogens with zero attached hydrogens (tertiary/aromatic N) is 4. The van der Waals surface area contributed by atoms with Crippen molar-refractivity contribution < 1.29 is 17.6 Å².